The average Bonchev–Trinajstić information content (AvgIpc) is 3.28. The van der Waals surface area contributed by atoms with Crippen molar-refractivity contribution in [3.8, 4) is 10.7 Å². The van der Waals surface area contributed by atoms with E-state index in [1.165, 1.54) is 10.5 Å². The minimum atomic E-state index is 0.741. The number of ether oxygens (including phenoxy) is 1. The number of hydrogen-bond donors (Lipinski definition) is 1. The second-order valence-electron chi connectivity index (χ2n) is 6.18. The second-order valence-corrected chi connectivity index (χ2v) is 7.49. The van der Waals surface area contributed by atoms with E-state index < -0.39 is 0 Å². The number of rotatable bonds is 5. The van der Waals surface area contributed by atoms with Gasteiger partial charge in [0, 0.05) is 0 Å². The van der Waals surface area contributed by atoms with Crippen molar-refractivity contribution in [2.24, 2.45) is 0 Å². The molecule has 1 aliphatic rings. The molecular formula is C18H21N4OS2+. The maximum atomic E-state index is 5.78. The minimum absolute atomic E-state index is 0.741. The van der Waals surface area contributed by atoms with Crippen LogP contribution in [0, 0.1) is 4.77 Å². The van der Waals surface area contributed by atoms with E-state index in [1.54, 1.807) is 11.3 Å². The molecule has 1 fully saturated rings. The monoisotopic (exact) mass is 373 g/mol. The lowest BCUT2D eigenvalue weighted by Crippen LogP contribution is -3.13. The lowest BCUT2D eigenvalue weighted by atomic mass is 10.2. The van der Waals surface area contributed by atoms with E-state index in [9.17, 15) is 0 Å². The van der Waals surface area contributed by atoms with Crippen LogP contribution in [-0.4, -0.2) is 40.7 Å². The summed E-state index contributed by atoms with van der Waals surface area (Å²) in [5.74, 6) is 0.955. The Labute approximate surface area is 156 Å². The average molecular weight is 374 g/mol. The Morgan fingerprint density at radius 1 is 1.12 bits per heavy atom. The van der Waals surface area contributed by atoms with Gasteiger partial charge in [-0.2, -0.15) is 4.68 Å². The van der Waals surface area contributed by atoms with Crippen molar-refractivity contribution in [2.45, 2.75) is 13.2 Å². The predicted octanol–water partition coefficient (Wildman–Crippen LogP) is 2.06. The summed E-state index contributed by atoms with van der Waals surface area (Å²) in [4.78, 5) is 2.61. The molecule has 5 nitrogen and oxygen atoms in total. The van der Waals surface area contributed by atoms with E-state index in [-0.39, 0.29) is 0 Å². The Bertz CT molecular complexity index is 864. The van der Waals surface area contributed by atoms with Crippen LogP contribution in [0.5, 0.6) is 0 Å². The molecule has 3 heterocycles. The van der Waals surface area contributed by atoms with Gasteiger partial charge < -0.3 is 9.64 Å². The van der Waals surface area contributed by atoms with Crippen LogP contribution in [-0.2, 0) is 18.0 Å². The Balaban J connectivity index is 1.69. The summed E-state index contributed by atoms with van der Waals surface area (Å²) < 4.78 is 10.4. The van der Waals surface area contributed by atoms with Gasteiger partial charge in [-0.15, -0.1) is 16.4 Å². The van der Waals surface area contributed by atoms with E-state index in [2.05, 4.69) is 46.3 Å². The first-order chi connectivity index (χ1) is 12.3. The number of aromatic nitrogens is 3. The van der Waals surface area contributed by atoms with E-state index in [0.717, 1.165) is 55.0 Å². The third-order valence-electron chi connectivity index (χ3n) is 4.42. The summed E-state index contributed by atoms with van der Waals surface area (Å²) in [7, 11) is 0. The fourth-order valence-electron chi connectivity index (χ4n) is 3.07. The van der Waals surface area contributed by atoms with Crippen molar-refractivity contribution >= 4 is 23.6 Å². The molecule has 0 saturated carbocycles. The first-order valence-electron chi connectivity index (χ1n) is 8.48. The van der Waals surface area contributed by atoms with Crippen LogP contribution in [0.2, 0.25) is 0 Å². The van der Waals surface area contributed by atoms with Crippen molar-refractivity contribution in [1.82, 2.24) is 14.3 Å². The fraction of sp³-hybridized carbons (Fsp3) is 0.333. The van der Waals surface area contributed by atoms with Gasteiger partial charge in [0.2, 0.25) is 4.77 Å². The first-order valence-corrected chi connectivity index (χ1v) is 9.77. The lowest BCUT2D eigenvalue weighted by molar-refractivity contribution is -0.930. The van der Waals surface area contributed by atoms with Crippen molar-refractivity contribution in [2.75, 3.05) is 26.3 Å². The van der Waals surface area contributed by atoms with Crippen molar-refractivity contribution in [3.63, 3.8) is 0 Å². The number of quaternary nitrogens is 1. The van der Waals surface area contributed by atoms with Crippen LogP contribution in [0.3, 0.4) is 0 Å². The van der Waals surface area contributed by atoms with E-state index in [4.69, 9.17) is 22.1 Å². The highest BCUT2D eigenvalue weighted by Crippen LogP contribution is 2.24. The fourth-order valence-corrected chi connectivity index (χ4v) is 4.04. The van der Waals surface area contributed by atoms with Crippen molar-refractivity contribution in [3.05, 3.63) is 58.2 Å². The predicted molar refractivity (Wildman–Crippen MR) is 101 cm³/mol. The van der Waals surface area contributed by atoms with Crippen LogP contribution >= 0.6 is 23.6 Å². The molecule has 1 aliphatic heterocycles. The number of benzene rings is 1. The van der Waals surface area contributed by atoms with Crippen LogP contribution < -0.4 is 4.90 Å². The van der Waals surface area contributed by atoms with Crippen LogP contribution in [0.25, 0.3) is 10.7 Å². The molecule has 0 amide bonds. The zero-order chi connectivity index (χ0) is 17.1. The highest BCUT2D eigenvalue weighted by molar-refractivity contribution is 7.71. The molecule has 0 aliphatic carbocycles. The van der Waals surface area contributed by atoms with E-state index in [1.807, 2.05) is 10.7 Å². The van der Waals surface area contributed by atoms with E-state index >= 15 is 0 Å². The third-order valence-corrected chi connectivity index (χ3v) is 5.72. The molecule has 0 atom stereocenters. The molecule has 0 unspecified atom stereocenters. The molecule has 130 valence electrons. The quantitative estimate of drug-likeness (QED) is 0.696. The van der Waals surface area contributed by atoms with Gasteiger partial charge in [-0.1, -0.05) is 36.4 Å². The summed E-state index contributed by atoms with van der Waals surface area (Å²) in [6.45, 7) is 5.16. The number of thiophene rings is 1. The van der Waals surface area contributed by atoms with Gasteiger partial charge in [-0.05, 0) is 29.2 Å². The molecule has 1 saturated heterocycles. The summed E-state index contributed by atoms with van der Waals surface area (Å²) in [6, 6.07) is 14.6. The van der Waals surface area contributed by atoms with Gasteiger partial charge in [0.05, 0.1) is 24.6 Å². The molecule has 0 spiro atoms. The van der Waals surface area contributed by atoms with Gasteiger partial charge in [0.1, 0.15) is 13.1 Å². The Morgan fingerprint density at radius 2 is 1.92 bits per heavy atom. The third kappa shape index (κ3) is 3.74. The molecule has 4 rings (SSSR count). The smallest absolute Gasteiger partial charge is 0.203 e. The Hall–Kier alpha value is -1.80. The van der Waals surface area contributed by atoms with Gasteiger partial charge in [0.15, 0.2) is 12.5 Å². The number of nitrogens with zero attached hydrogens (tertiary/aromatic N) is 3. The van der Waals surface area contributed by atoms with E-state index in [0.29, 0.717) is 0 Å². The summed E-state index contributed by atoms with van der Waals surface area (Å²) in [5.41, 5.74) is 1.23. The van der Waals surface area contributed by atoms with Crippen LogP contribution in [0.1, 0.15) is 5.56 Å². The van der Waals surface area contributed by atoms with Crippen LogP contribution in [0.4, 0.5) is 0 Å². The number of nitrogens with one attached hydrogen (secondary N) is 1. The standard InChI is InChI=1S/C18H20N4OS2/c24-18-21(13-15-5-2-1-3-6-15)17(16-7-4-12-25-16)19-22(18)14-20-8-10-23-11-9-20/h1-7,12H,8-11,13-14H2/p+1. The maximum Gasteiger partial charge on any atom is 0.203 e. The normalized spacial score (nSPS) is 15.5. The van der Waals surface area contributed by atoms with Gasteiger partial charge in [-0.3, -0.25) is 4.57 Å². The minimum Gasteiger partial charge on any atom is -0.370 e. The van der Waals surface area contributed by atoms with Crippen LogP contribution in [0.15, 0.2) is 47.8 Å². The molecule has 0 bridgehead atoms. The first kappa shape index (κ1) is 16.7. The zero-order valence-corrected chi connectivity index (χ0v) is 15.6. The summed E-state index contributed by atoms with van der Waals surface area (Å²) in [5, 5.41) is 6.95. The Kier molecular flexibility index (Phi) is 5.07. The molecule has 1 N–H and O–H groups in total. The van der Waals surface area contributed by atoms with Crippen molar-refractivity contribution < 1.29 is 9.64 Å². The molecule has 0 radical (unpaired) electrons. The molecular weight excluding hydrogens is 352 g/mol. The summed E-state index contributed by atoms with van der Waals surface area (Å²) in [6.07, 6.45) is 0. The van der Waals surface area contributed by atoms with Gasteiger partial charge in [-0.25, -0.2) is 0 Å². The molecule has 1 aromatic carbocycles. The topological polar surface area (TPSA) is 36.4 Å². The SMILES string of the molecule is S=c1n(C[NH+]2CCOCC2)nc(-c2cccs2)n1Cc1ccccc1. The highest BCUT2D eigenvalue weighted by atomic mass is 32.1. The summed E-state index contributed by atoms with van der Waals surface area (Å²) >= 11 is 7.48. The lowest BCUT2D eigenvalue weighted by Gasteiger charge is -2.23. The second kappa shape index (κ2) is 7.61. The molecule has 7 heteroatoms. The molecule has 25 heavy (non-hydrogen) atoms. The molecule has 2 aromatic heterocycles. The maximum absolute atomic E-state index is 5.78. The largest absolute Gasteiger partial charge is 0.370 e. The van der Waals surface area contributed by atoms with Gasteiger partial charge in [0.25, 0.3) is 0 Å². The van der Waals surface area contributed by atoms with Gasteiger partial charge >= 0.3 is 0 Å². The Morgan fingerprint density at radius 3 is 2.64 bits per heavy atom. The van der Waals surface area contributed by atoms with Crippen molar-refractivity contribution in [1.29, 1.82) is 0 Å². The molecule has 3 aromatic rings. The highest BCUT2D eigenvalue weighted by Gasteiger charge is 2.19. The number of hydrogen-bond acceptors (Lipinski definition) is 4. The zero-order valence-electron chi connectivity index (χ0n) is 13.9. The number of morpholine rings is 1.